The van der Waals surface area contributed by atoms with Gasteiger partial charge in [0.1, 0.15) is 5.75 Å². The molecule has 0 fully saturated rings. The molecule has 0 spiro atoms. The van der Waals surface area contributed by atoms with Crippen molar-refractivity contribution in [2.75, 3.05) is 21.2 Å². The predicted molar refractivity (Wildman–Crippen MR) is 81.8 cm³/mol. The Balaban J connectivity index is 2.73. The number of methoxy groups -OCH3 is 1. The van der Waals surface area contributed by atoms with E-state index in [1.807, 2.05) is 24.3 Å². The number of carbonyl (C=O) groups excluding carboxylic acids is 1. The van der Waals surface area contributed by atoms with Crippen LogP contribution in [0.4, 0.5) is 0 Å². The van der Waals surface area contributed by atoms with E-state index in [9.17, 15) is 4.79 Å². The van der Waals surface area contributed by atoms with Gasteiger partial charge >= 0.3 is 0 Å². The van der Waals surface area contributed by atoms with Crippen LogP contribution >= 0.6 is 0 Å². The zero-order chi connectivity index (χ0) is 15.1. The van der Waals surface area contributed by atoms with E-state index in [1.54, 1.807) is 26.1 Å². The largest absolute Gasteiger partial charge is 0.496 e. The van der Waals surface area contributed by atoms with Crippen molar-refractivity contribution >= 4 is 5.91 Å². The van der Waals surface area contributed by atoms with Crippen molar-refractivity contribution in [3.05, 3.63) is 29.8 Å². The van der Waals surface area contributed by atoms with Crippen molar-refractivity contribution in [1.29, 1.82) is 0 Å². The Bertz CT molecular complexity index is 430. The number of rotatable bonds is 7. The summed E-state index contributed by atoms with van der Waals surface area (Å²) in [5.41, 5.74) is 1.07. The van der Waals surface area contributed by atoms with Gasteiger partial charge in [0, 0.05) is 26.2 Å². The van der Waals surface area contributed by atoms with Crippen LogP contribution in [0.25, 0.3) is 0 Å². The Morgan fingerprint density at radius 3 is 2.50 bits per heavy atom. The first kappa shape index (κ1) is 16.5. The molecule has 4 heteroatoms. The molecule has 0 aliphatic carbocycles. The van der Waals surface area contributed by atoms with E-state index in [-0.39, 0.29) is 11.9 Å². The number of carbonyl (C=O) groups is 1. The molecule has 1 aromatic rings. The van der Waals surface area contributed by atoms with E-state index in [1.165, 1.54) is 0 Å². The van der Waals surface area contributed by atoms with E-state index in [2.05, 4.69) is 19.2 Å². The average molecular weight is 278 g/mol. The zero-order valence-electron chi connectivity index (χ0n) is 13.1. The van der Waals surface area contributed by atoms with Crippen molar-refractivity contribution in [2.45, 2.75) is 32.9 Å². The average Bonchev–Trinajstić information content (AvgIpc) is 2.42. The fraction of sp³-hybridized carbons (Fsp3) is 0.562. The lowest BCUT2D eigenvalue weighted by molar-refractivity contribution is -0.131. The summed E-state index contributed by atoms with van der Waals surface area (Å²) < 4.78 is 5.33. The molecule has 4 nitrogen and oxygen atoms in total. The molecule has 0 saturated carbocycles. The van der Waals surface area contributed by atoms with Gasteiger partial charge in [0.25, 0.3) is 0 Å². The second kappa shape index (κ2) is 7.90. The highest BCUT2D eigenvalue weighted by atomic mass is 16.5. The van der Waals surface area contributed by atoms with Crippen LogP contribution in [0.5, 0.6) is 5.75 Å². The van der Waals surface area contributed by atoms with Crippen molar-refractivity contribution < 1.29 is 9.53 Å². The number of nitrogens with zero attached hydrogens (tertiary/aromatic N) is 1. The summed E-state index contributed by atoms with van der Waals surface area (Å²) in [5, 5.41) is 3.35. The molecule has 1 aromatic carbocycles. The number of hydrogen-bond donors (Lipinski definition) is 1. The van der Waals surface area contributed by atoms with Crippen LogP contribution in [-0.2, 0) is 11.3 Å². The number of benzene rings is 1. The summed E-state index contributed by atoms with van der Waals surface area (Å²) in [4.78, 5) is 13.8. The van der Waals surface area contributed by atoms with Gasteiger partial charge in [-0.25, -0.2) is 0 Å². The van der Waals surface area contributed by atoms with Crippen LogP contribution in [0.3, 0.4) is 0 Å². The van der Waals surface area contributed by atoms with Gasteiger partial charge in [0.2, 0.25) is 5.91 Å². The third-order valence-electron chi connectivity index (χ3n) is 3.18. The number of hydrogen-bond acceptors (Lipinski definition) is 3. The molecule has 1 atom stereocenters. The lowest BCUT2D eigenvalue weighted by Gasteiger charge is -2.23. The number of likely N-dealkylation sites (N-methyl/N-ethyl adjacent to an activating group) is 1. The number of ether oxygens (including phenoxy) is 1. The highest BCUT2D eigenvalue weighted by molar-refractivity contribution is 5.81. The number of nitrogens with one attached hydrogen (secondary N) is 1. The molecule has 1 rings (SSSR count). The molecular formula is C16H26N2O2. The van der Waals surface area contributed by atoms with Gasteiger partial charge in [-0.1, -0.05) is 32.0 Å². The number of amides is 1. The van der Waals surface area contributed by atoms with Crippen LogP contribution in [0, 0.1) is 5.92 Å². The monoisotopic (exact) mass is 278 g/mol. The molecule has 0 aromatic heterocycles. The molecule has 0 radical (unpaired) electrons. The van der Waals surface area contributed by atoms with E-state index < -0.39 is 0 Å². The quantitative estimate of drug-likeness (QED) is 0.832. The van der Waals surface area contributed by atoms with Gasteiger partial charge in [-0.15, -0.1) is 0 Å². The first-order valence-electron chi connectivity index (χ1n) is 7.02. The third kappa shape index (κ3) is 4.85. The van der Waals surface area contributed by atoms with Crippen LogP contribution < -0.4 is 10.1 Å². The van der Waals surface area contributed by atoms with Crippen molar-refractivity contribution in [2.24, 2.45) is 5.92 Å². The van der Waals surface area contributed by atoms with Crippen molar-refractivity contribution in [3.8, 4) is 5.75 Å². The maximum Gasteiger partial charge on any atom is 0.239 e. The van der Waals surface area contributed by atoms with Gasteiger partial charge < -0.3 is 15.0 Å². The lowest BCUT2D eigenvalue weighted by atomic mass is 10.0. The Labute approximate surface area is 122 Å². The molecule has 0 aliphatic rings. The molecule has 1 amide bonds. The maximum absolute atomic E-state index is 12.2. The highest BCUT2D eigenvalue weighted by Gasteiger charge is 2.21. The molecule has 1 unspecified atom stereocenters. The Kier molecular flexibility index (Phi) is 6.52. The lowest BCUT2D eigenvalue weighted by Crippen LogP contribution is -2.44. The highest BCUT2D eigenvalue weighted by Crippen LogP contribution is 2.17. The summed E-state index contributed by atoms with van der Waals surface area (Å²) in [7, 11) is 5.25. The molecule has 0 aliphatic heterocycles. The van der Waals surface area contributed by atoms with Crippen LogP contribution in [0.2, 0.25) is 0 Å². The normalized spacial score (nSPS) is 12.3. The molecule has 112 valence electrons. The van der Waals surface area contributed by atoms with E-state index in [0.29, 0.717) is 12.5 Å². The van der Waals surface area contributed by atoms with Crippen LogP contribution in [0.15, 0.2) is 24.3 Å². The summed E-state index contributed by atoms with van der Waals surface area (Å²) in [5.74, 6) is 1.43. The van der Waals surface area contributed by atoms with E-state index in [4.69, 9.17) is 4.74 Å². The minimum absolute atomic E-state index is 0.119. The zero-order valence-corrected chi connectivity index (χ0v) is 13.1. The van der Waals surface area contributed by atoms with Gasteiger partial charge in [-0.2, -0.15) is 0 Å². The smallest absolute Gasteiger partial charge is 0.239 e. The van der Waals surface area contributed by atoms with Gasteiger partial charge in [0.15, 0.2) is 0 Å². The maximum atomic E-state index is 12.2. The van der Waals surface area contributed by atoms with E-state index in [0.717, 1.165) is 17.7 Å². The second-order valence-electron chi connectivity index (χ2n) is 5.61. The molecule has 1 N–H and O–H groups in total. The minimum atomic E-state index is -0.157. The predicted octanol–water partition coefficient (Wildman–Crippen LogP) is 2.29. The number of para-hydroxylation sites is 1. The van der Waals surface area contributed by atoms with Gasteiger partial charge in [0.05, 0.1) is 13.2 Å². The minimum Gasteiger partial charge on any atom is -0.496 e. The fourth-order valence-corrected chi connectivity index (χ4v) is 2.14. The summed E-state index contributed by atoms with van der Waals surface area (Å²) in [6.45, 7) is 4.88. The molecule has 20 heavy (non-hydrogen) atoms. The fourth-order valence-electron chi connectivity index (χ4n) is 2.14. The second-order valence-corrected chi connectivity index (χ2v) is 5.61. The standard InChI is InChI=1S/C16H26N2O2/c1-12(2)10-14(16(19)18(3)4)17-11-13-8-6-7-9-15(13)20-5/h6-9,12,14,17H,10-11H2,1-5H3. The summed E-state index contributed by atoms with van der Waals surface area (Å²) >= 11 is 0. The van der Waals surface area contributed by atoms with Crippen LogP contribution in [0.1, 0.15) is 25.8 Å². The first-order valence-corrected chi connectivity index (χ1v) is 7.02. The Morgan fingerprint density at radius 2 is 1.95 bits per heavy atom. The topological polar surface area (TPSA) is 41.6 Å². The SMILES string of the molecule is COc1ccccc1CNC(CC(C)C)C(=O)N(C)C. The third-order valence-corrected chi connectivity index (χ3v) is 3.18. The van der Waals surface area contributed by atoms with Gasteiger partial charge in [-0.3, -0.25) is 4.79 Å². The van der Waals surface area contributed by atoms with Crippen LogP contribution in [-0.4, -0.2) is 38.1 Å². The van der Waals surface area contributed by atoms with Gasteiger partial charge in [-0.05, 0) is 18.4 Å². The Morgan fingerprint density at radius 1 is 1.30 bits per heavy atom. The molecule has 0 bridgehead atoms. The Hall–Kier alpha value is -1.55. The molecular weight excluding hydrogens is 252 g/mol. The summed E-state index contributed by atoms with van der Waals surface area (Å²) in [6.07, 6.45) is 0.826. The van der Waals surface area contributed by atoms with E-state index >= 15 is 0 Å². The molecule has 0 saturated heterocycles. The summed E-state index contributed by atoms with van der Waals surface area (Å²) in [6, 6.07) is 7.71. The van der Waals surface area contributed by atoms with Crippen molar-refractivity contribution in [3.63, 3.8) is 0 Å². The van der Waals surface area contributed by atoms with Crippen molar-refractivity contribution in [1.82, 2.24) is 10.2 Å². The first-order chi connectivity index (χ1) is 9.45. The molecule has 0 heterocycles.